The molecule has 1 aliphatic heterocycles. The van der Waals surface area contributed by atoms with Gasteiger partial charge in [-0.2, -0.15) is 0 Å². The van der Waals surface area contributed by atoms with E-state index in [0.29, 0.717) is 34.3 Å². The molecule has 0 unspecified atom stereocenters. The van der Waals surface area contributed by atoms with Crippen LogP contribution in [0, 0.1) is 0 Å². The average Bonchev–Trinajstić information content (AvgIpc) is 2.97. The Balaban J connectivity index is 1.47. The van der Waals surface area contributed by atoms with Crippen molar-refractivity contribution < 1.29 is 14.3 Å². The van der Waals surface area contributed by atoms with E-state index in [1.165, 1.54) is 18.3 Å². The second-order valence-corrected chi connectivity index (χ2v) is 10.00. The van der Waals surface area contributed by atoms with Gasteiger partial charge in [-0.25, -0.2) is 14.8 Å². The fraction of sp³-hybridized carbons (Fsp3) is 0.370. The van der Waals surface area contributed by atoms with Crippen molar-refractivity contribution in [1.29, 1.82) is 0 Å². The fourth-order valence-corrected chi connectivity index (χ4v) is 4.97. The Kier molecular flexibility index (Phi) is 9.75. The Hall–Kier alpha value is -3.51. The van der Waals surface area contributed by atoms with Gasteiger partial charge in [0.2, 0.25) is 0 Å². The van der Waals surface area contributed by atoms with Crippen molar-refractivity contribution in [2.45, 2.75) is 13.5 Å². The first-order valence-electron chi connectivity index (χ1n) is 12.8. The maximum Gasteiger partial charge on any atom is 0.327 e. The van der Waals surface area contributed by atoms with Gasteiger partial charge in [-0.1, -0.05) is 30.1 Å². The molecule has 0 spiro atoms. The van der Waals surface area contributed by atoms with Crippen molar-refractivity contribution in [1.82, 2.24) is 14.9 Å². The molecule has 3 aromatic rings. The summed E-state index contributed by atoms with van der Waals surface area (Å²) in [6.07, 6.45) is 1.36. The molecular formula is C27H34Cl2N8O3. The van der Waals surface area contributed by atoms with Gasteiger partial charge in [-0.3, -0.25) is 4.90 Å². The van der Waals surface area contributed by atoms with E-state index in [1.54, 1.807) is 26.3 Å². The van der Waals surface area contributed by atoms with Crippen molar-refractivity contribution in [2.75, 3.05) is 80.2 Å². The van der Waals surface area contributed by atoms with Crippen LogP contribution in [0.15, 0.2) is 36.7 Å². The third kappa shape index (κ3) is 6.61. The monoisotopic (exact) mass is 588 g/mol. The quantitative estimate of drug-likeness (QED) is 0.294. The number of nitrogens with one attached hydrogen (secondary N) is 2. The number of piperazine rings is 1. The second-order valence-electron chi connectivity index (χ2n) is 9.24. The minimum absolute atomic E-state index is 0.172. The van der Waals surface area contributed by atoms with Gasteiger partial charge in [0.15, 0.2) is 0 Å². The molecular weight excluding hydrogens is 555 g/mol. The first kappa shape index (κ1) is 29.5. The summed E-state index contributed by atoms with van der Waals surface area (Å²) < 4.78 is 10.5. The number of ether oxygens (including phenoxy) is 2. The summed E-state index contributed by atoms with van der Waals surface area (Å²) >= 11 is 13.0. The van der Waals surface area contributed by atoms with Crippen molar-refractivity contribution in [3.05, 3.63) is 52.3 Å². The number of amides is 2. The van der Waals surface area contributed by atoms with E-state index in [4.69, 9.17) is 38.4 Å². The molecule has 0 aliphatic carbocycles. The van der Waals surface area contributed by atoms with Crippen LogP contribution in [0.1, 0.15) is 12.5 Å². The van der Waals surface area contributed by atoms with Crippen LogP contribution in [0.2, 0.25) is 10.0 Å². The summed E-state index contributed by atoms with van der Waals surface area (Å²) in [5, 5.41) is 6.40. The molecule has 1 saturated heterocycles. The molecule has 0 atom stereocenters. The SMILES string of the molecule is CCN1CCN(c2ccc(Nc3cc(N(C)C(=O)Nc4c(Cl)c(COC)cc(OC)c4Cl)ncn3)c(N)c2)CC1. The van der Waals surface area contributed by atoms with Gasteiger partial charge in [-0.05, 0) is 30.8 Å². The highest BCUT2D eigenvalue weighted by Gasteiger charge is 2.22. The van der Waals surface area contributed by atoms with Crippen molar-refractivity contribution in [3.8, 4) is 5.75 Å². The van der Waals surface area contributed by atoms with Gasteiger partial charge in [0, 0.05) is 57.7 Å². The number of halogens is 2. The molecule has 0 bridgehead atoms. The van der Waals surface area contributed by atoms with Crippen molar-refractivity contribution in [2.24, 2.45) is 0 Å². The van der Waals surface area contributed by atoms with Crippen LogP contribution < -0.4 is 30.9 Å². The summed E-state index contributed by atoms with van der Waals surface area (Å²) in [5.41, 5.74) is 9.59. The predicted octanol–water partition coefficient (Wildman–Crippen LogP) is 5.07. The summed E-state index contributed by atoms with van der Waals surface area (Å²) in [4.78, 5) is 27.8. The molecule has 11 nitrogen and oxygen atoms in total. The number of urea groups is 1. The van der Waals surface area contributed by atoms with E-state index in [2.05, 4.69) is 37.3 Å². The molecule has 40 heavy (non-hydrogen) atoms. The topological polar surface area (TPSA) is 121 Å². The highest BCUT2D eigenvalue weighted by Crippen LogP contribution is 2.41. The third-order valence-electron chi connectivity index (χ3n) is 6.78. The first-order chi connectivity index (χ1) is 19.2. The lowest BCUT2D eigenvalue weighted by Crippen LogP contribution is -2.46. The number of carbonyl (C=O) groups is 1. The zero-order valence-corrected chi connectivity index (χ0v) is 24.5. The van der Waals surface area contributed by atoms with Gasteiger partial charge in [0.05, 0.1) is 35.8 Å². The molecule has 4 rings (SSSR count). The number of likely N-dealkylation sites (N-methyl/N-ethyl adjacent to an activating group) is 1. The number of nitrogens with zero attached hydrogens (tertiary/aromatic N) is 5. The highest BCUT2D eigenvalue weighted by atomic mass is 35.5. The molecule has 1 aromatic heterocycles. The second kappa shape index (κ2) is 13.2. The smallest absolute Gasteiger partial charge is 0.327 e. The molecule has 1 fully saturated rings. The molecule has 2 amide bonds. The Bertz CT molecular complexity index is 1350. The minimum atomic E-state index is -0.517. The zero-order valence-electron chi connectivity index (χ0n) is 23.0. The molecule has 13 heteroatoms. The van der Waals surface area contributed by atoms with Crippen LogP contribution in [-0.2, 0) is 11.3 Å². The number of rotatable bonds is 9. The zero-order chi connectivity index (χ0) is 28.8. The number of anilines is 6. The summed E-state index contributed by atoms with van der Waals surface area (Å²) in [6, 6.07) is 8.73. The first-order valence-corrected chi connectivity index (χ1v) is 13.6. The lowest BCUT2D eigenvalue weighted by atomic mass is 10.2. The van der Waals surface area contributed by atoms with Gasteiger partial charge in [-0.15, -0.1) is 0 Å². The lowest BCUT2D eigenvalue weighted by Gasteiger charge is -2.35. The van der Waals surface area contributed by atoms with Crippen LogP contribution in [0.4, 0.5) is 39.2 Å². The number of nitrogen functional groups attached to an aromatic ring is 1. The van der Waals surface area contributed by atoms with Gasteiger partial charge >= 0.3 is 6.03 Å². The molecule has 0 radical (unpaired) electrons. The van der Waals surface area contributed by atoms with Crippen LogP contribution in [0.5, 0.6) is 5.75 Å². The van der Waals surface area contributed by atoms with E-state index in [0.717, 1.165) is 38.4 Å². The Morgan fingerprint density at radius 1 is 1.10 bits per heavy atom. The van der Waals surface area contributed by atoms with Gasteiger partial charge < -0.3 is 35.6 Å². The number of carbonyl (C=O) groups excluding carboxylic acids is 1. The van der Waals surface area contributed by atoms with Crippen molar-refractivity contribution >= 4 is 63.6 Å². The van der Waals surface area contributed by atoms with E-state index in [9.17, 15) is 4.79 Å². The van der Waals surface area contributed by atoms with E-state index < -0.39 is 6.03 Å². The summed E-state index contributed by atoms with van der Waals surface area (Å²) in [7, 11) is 4.59. The maximum absolute atomic E-state index is 13.2. The van der Waals surface area contributed by atoms with Crippen molar-refractivity contribution in [3.63, 3.8) is 0 Å². The normalized spacial score (nSPS) is 13.7. The molecule has 4 N–H and O–H groups in total. The number of nitrogens with two attached hydrogens (primary N) is 1. The fourth-order valence-electron chi connectivity index (χ4n) is 4.40. The van der Waals surface area contributed by atoms with Gasteiger partial charge in [0.1, 0.15) is 28.7 Å². The molecule has 214 valence electrons. The minimum Gasteiger partial charge on any atom is -0.495 e. The average molecular weight is 590 g/mol. The van der Waals surface area contributed by atoms with Crippen LogP contribution in [0.25, 0.3) is 0 Å². The highest BCUT2D eigenvalue weighted by molar-refractivity contribution is 6.41. The number of hydrogen-bond donors (Lipinski definition) is 3. The molecule has 2 heterocycles. The van der Waals surface area contributed by atoms with Crippen LogP contribution >= 0.6 is 23.2 Å². The van der Waals surface area contributed by atoms with E-state index >= 15 is 0 Å². The number of methoxy groups -OCH3 is 2. The number of aromatic nitrogens is 2. The van der Waals surface area contributed by atoms with Crippen LogP contribution in [-0.4, -0.2) is 74.9 Å². The molecule has 0 saturated carbocycles. The maximum atomic E-state index is 13.2. The Morgan fingerprint density at radius 2 is 1.85 bits per heavy atom. The predicted molar refractivity (Wildman–Crippen MR) is 162 cm³/mol. The molecule has 2 aromatic carbocycles. The third-order valence-corrected chi connectivity index (χ3v) is 7.58. The Morgan fingerprint density at radius 3 is 2.50 bits per heavy atom. The molecule has 1 aliphatic rings. The van der Waals surface area contributed by atoms with Crippen LogP contribution in [0.3, 0.4) is 0 Å². The van der Waals surface area contributed by atoms with Gasteiger partial charge in [0.25, 0.3) is 0 Å². The Labute approximate surface area is 244 Å². The summed E-state index contributed by atoms with van der Waals surface area (Å²) in [5.74, 6) is 1.17. The van der Waals surface area contributed by atoms with E-state index in [1.807, 2.05) is 18.2 Å². The number of hydrogen-bond acceptors (Lipinski definition) is 9. The standard InChI is InChI=1S/C27H34Cl2N8O3/c1-5-36-8-10-37(11-9-36)18-6-7-20(19(30)13-18)33-22-14-23(32-16-31-22)35(2)27(38)34-26-24(28)17(15-39-3)12-21(40-4)25(26)29/h6-7,12-14,16H,5,8-11,15,30H2,1-4H3,(H,34,38)(H,31,32,33). The van der Waals surface area contributed by atoms with E-state index in [-0.39, 0.29) is 22.3 Å². The summed E-state index contributed by atoms with van der Waals surface area (Å²) in [6.45, 7) is 7.45. The largest absolute Gasteiger partial charge is 0.495 e. The lowest BCUT2D eigenvalue weighted by molar-refractivity contribution is 0.184. The number of benzene rings is 2.